The molecule has 2 nitrogen and oxygen atoms in total. The van der Waals surface area contributed by atoms with E-state index < -0.39 is 5.41 Å². The highest BCUT2D eigenvalue weighted by atomic mass is 16.3. The number of hydrogen-bond acceptors (Lipinski definition) is 2. The zero-order chi connectivity index (χ0) is 48.9. The molecule has 0 saturated carbocycles. The molecule has 0 atom stereocenters. The molecule has 12 aromatic carbocycles. The zero-order valence-corrected chi connectivity index (χ0v) is 40.2. The third kappa shape index (κ3) is 7.76. The molecule has 0 aliphatic heterocycles. The SMILES string of the molecule is Oc1c(Cc2ccccc2)cc(C2(c3cc(Cc4ccccc4)c(O)c(-c4ccccc4)c3)c3cc(-c4ccc5ccccc5c4)ccc3-c3ccc(-c4ccc5ccccc5c4)cc32)cc1-c1ccccc1. The first-order valence-electron chi connectivity index (χ1n) is 25.2. The number of phenols is 2. The molecule has 0 amide bonds. The Morgan fingerprint density at radius 3 is 1.01 bits per heavy atom. The number of fused-ring (bicyclic) bond motifs is 5. The van der Waals surface area contributed by atoms with Gasteiger partial charge in [0.05, 0.1) is 5.41 Å². The van der Waals surface area contributed by atoms with E-state index in [9.17, 15) is 10.2 Å². The fourth-order valence-electron chi connectivity index (χ4n) is 11.6. The van der Waals surface area contributed by atoms with Gasteiger partial charge in [-0.15, -0.1) is 0 Å². The summed E-state index contributed by atoms with van der Waals surface area (Å²) >= 11 is 0. The zero-order valence-electron chi connectivity index (χ0n) is 40.2. The van der Waals surface area contributed by atoms with Gasteiger partial charge in [0, 0.05) is 24.0 Å². The van der Waals surface area contributed by atoms with Crippen molar-refractivity contribution >= 4 is 21.5 Å². The van der Waals surface area contributed by atoms with E-state index >= 15 is 0 Å². The first-order valence-corrected chi connectivity index (χ1v) is 25.2. The fourth-order valence-corrected chi connectivity index (χ4v) is 11.6. The maximum absolute atomic E-state index is 12.7. The molecule has 0 unspecified atom stereocenters. The van der Waals surface area contributed by atoms with Gasteiger partial charge < -0.3 is 10.2 Å². The van der Waals surface area contributed by atoms with Crippen LogP contribution in [0.2, 0.25) is 0 Å². The van der Waals surface area contributed by atoms with E-state index in [2.05, 4.69) is 218 Å². The summed E-state index contributed by atoms with van der Waals surface area (Å²) in [6.07, 6.45) is 1.04. The second kappa shape index (κ2) is 18.2. The summed E-state index contributed by atoms with van der Waals surface area (Å²) in [6, 6.07) is 95.2. The van der Waals surface area contributed by atoms with Crippen molar-refractivity contribution in [3.05, 3.63) is 311 Å². The van der Waals surface area contributed by atoms with Crippen molar-refractivity contribution in [3.63, 3.8) is 0 Å². The Labute approximate surface area is 426 Å². The second-order valence-electron chi connectivity index (χ2n) is 19.5. The fraction of sp³-hybridized carbons (Fsp3) is 0.0423. The molecule has 0 saturated heterocycles. The molecule has 2 N–H and O–H groups in total. The summed E-state index contributed by atoms with van der Waals surface area (Å²) in [6.45, 7) is 0. The molecule has 2 heteroatoms. The molecule has 0 fully saturated rings. The quantitative estimate of drug-likeness (QED) is 0.143. The minimum absolute atomic E-state index is 0.266. The number of phenolic OH excluding ortho intramolecular Hbond substituents is 2. The minimum Gasteiger partial charge on any atom is -0.507 e. The lowest BCUT2D eigenvalue weighted by atomic mass is 9.65. The van der Waals surface area contributed by atoms with E-state index in [-0.39, 0.29) is 11.5 Å². The summed E-state index contributed by atoms with van der Waals surface area (Å²) in [5.74, 6) is 0.533. The monoisotopic (exact) mass is 934 g/mol. The highest BCUT2D eigenvalue weighted by Crippen LogP contribution is 2.60. The first-order chi connectivity index (χ1) is 36.0. The summed E-state index contributed by atoms with van der Waals surface area (Å²) in [5.41, 5.74) is 17.3. The van der Waals surface area contributed by atoms with Crippen molar-refractivity contribution in [1.82, 2.24) is 0 Å². The molecule has 0 heterocycles. The molecule has 73 heavy (non-hydrogen) atoms. The topological polar surface area (TPSA) is 40.5 Å². The number of benzene rings is 12. The largest absolute Gasteiger partial charge is 0.507 e. The number of aromatic hydroxyl groups is 2. The molecule has 13 rings (SSSR count). The Kier molecular flexibility index (Phi) is 10.9. The summed E-state index contributed by atoms with van der Waals surface area (Å²) in [4.78, 5) is 0. The van der Waals surface area contributed by atoms with Crippen LogP contribution >= 0.6 is 0 Å². The van der Waals surface area contributed by atoms with E-state index in [4.69, 9.17) is 0 Å². The highest BCUT2D eigenvalue weighted by molar-refractivity contribution is 5.94. The Morgan fingerprint density at radius 1 is 0.260 bits per heavy atom. The van der Waals surface area contributed by atoms with Crippen LogP contribution in [0.15, 0.2) is 267 Å². The lowest BCUT2D eigenvalue weighted by Gasteiger charge is -2.36. The van der Waals surface area contributed by atoms with Gasteiger partial charge in [0.15, 0.2) is 0 Å². The van der Waals surface area contributed by atoms with Gasteiger partial charge in [-0.1, -0.05) is 231 Å². The van der Waals surface area contributed by atoms with Crippen LogP contribution in [-0.4, -0.2) is 10.2 Å². The Morgan fingerprint density at radius 2 is 0.603 bits per heavy atom. The van der Waals surface area contributed by atoms with Crippen molar-refractivity contribution in [2.24, 2.45) is 0 Å². The third-order valence-electron chi connectivity index (χ3n) is 15.2. The third-order valence-corrected chi connectivity index (χ3v) is 15.2. The highest BCUT2D eigenvalue weighted by Gasteiger charge is 2.48. The predicted molar refractivity (Wildman–Crippen MR) is 302 cm³/mol. The van der Waals surface area contributed by atoms with E-state index in [1.165, 1.54) is 21.5 Å². The van der Waals surface area contributed by atoms with Crippen LogP contribution in [0.4, 0.5) is 0 Å². The van der Waals surface area contributed by atoms with Crippen molar-refractivity contribution < 1.29 is 10.2 Å². The van der Waals surface area contributed by atoms with Gasteiger partial charge in [0.1, 0.15) is 11.5 Å². The van der Waals surface area contributed by atoms with Crippen molar-refractivity contribution in [1.29, 1.82) is 0 Å². The molecular formula is C71H50O2. The van der Waals surface area contributed by atoms with Gasteiger partial charge >= 0.3 is 0 Å². The van der Waals surface area contributed by atoms with Gasteiger partial charge in [0.25, 0.3) is 0 Å². The maximum atomic E-state index is 12.7. The summed E-state index contributed by atoms with van der Waals surface area (Å²) in [7, 11) is 0. The van der Waals surface area contributed by atoms with Gasteiger partial charge in [-0.25, -0.2) is 0 Å². The van der Waals surface area contributed by atoms with Crippen LogP contribution in [0.3, 0.4) is 0 Å². The second-order valence-corrected chi connectivity index (χ2v) is 19.5. The van der Waals surface area contributed by atoms with Crippen LogP contribution in [-0.2, 0) is 18.3 Å². The molecule has 12 aromatic rings. The molecule has 1 aliphatic carbocycles. The average Bonchev–Trinajstić information content (AvgIpc) is 3.78. The minimum atomic E-state index is -0.990. The normalized spacial score (nSPS) is 12.4. The summed E-state index contributed by atoms with van der Waals surface area (Å²) < 4.78 is 0. The number of hydrogen-bond donors (Lipinski definition) is 2. The molecule has 1 aliphatic rings. The molecule has 346 valence electrons. The number of rotatable bonds is 10. The van der Waals surface area contributed by atoms with Crippen molar-refractivity contribution in [2.75, 3.05) is 0 Å². The molecule has 0 aromatic heterocycles. The Balaban J connectivity index is 1.18. The van der Waals surface area contributed by atoms with Gasteiger partial charge in [-0.2, -0.15) is 0 Å². The smallest absolute Gasteiger partial charge is 0.126 e. The van der Waals surface area contributed by atoms with Crippen molar-refractivity contribution in [3.8, 4) is 67.1 Å². The van der Waals surface area contributed by atoms with E-state index in [0.29, 0.717) is 12.8 Å². The molecular weight excluding hydrogens is 885 g/mol. The Hall–Kier alpha value is -9.24. The molecule has 0 bridgehead atoms. The van der Waals surface area contributed by atoms with E-state index in [1.807, 2.05) is 48.5 Å². The average molecular weight is 935 g/mol. The van der Waals surface area contributed by atoms with Crippen LogP contribution in [0.25, 0.3) is 77.2 Å². The van der Waals surface area contributed by atoms with Crippen LogP contribution in [0.5, 0.6) is 11.5 Å². The standard InChI is InChI=1S/C71H50O2/c72-69-59(37-47-17-5-1-6-18-47)41-61(45-65(69)51-23-9-3-10-24-51)71(62-42-60(38-48-19-7-2-8-20-48)70(73)66(46-62)52-25-11-4-12-26-52)67-43-57(55-31-29-49-21-13-15-27-53(49)39-55)33-35-63(67)64-36-34-58(44-68(64)71)56-32-30-50-22-14-16-28-54(50)40-56/h1-36,39-46,72-73H,37-38H2. The van der Waals surface area contributed by atoms with E-state index in [0.717, 1.165) is 100 Å². The van der Waals surface area contributed by atoms with Crippen LogP contribution < -0.4 is 0 Å². The van der Waals surface area contributed by atoms with E-state index in [1.54, 1.807) is 0 Å². The molecule has 0 radical (unpaired) electrons. The lowest BCUT2D eigenvalue weighted by Crippen LogP contribution is -2.29. The van der Waals surface area contributed by atoms with Crippen LogP contribution in [0, 0.1) is 0 Å². The Bertz CT molecular complexity index is 3760. The predicted octanol–water partition coefficient (Wildman–Crippen LogP) is 17.6. The summed E-state index contributed by atoms with van der Waals surface area (Å²) in [5, 5.41) is 30.1. The first kappa shape index (κ1) is 43.8. The molecule has 0 spiro atoms. The van der Waals surface area contributed by atoms with Gasteiger partial charge in [-0.3, -0.25) is 0 Å². The van der Waals surface area contributed by atoms with Gasteiger partial charge in [-0.05, 0) is 147 Å². The van der Waals surface area contributed by atoms with Crippen molar-refractivity contribution in [2.45, 2.75) is 18.3 Å². The lowest BCUT2D eigenvalue weighted by molar-refractivity contribution is 0.470. The van der Waals surface area contributed by atoms with Gasteiger partial charge in [0.2, 0.25) is 0 Å². The maximum Gasteiger partial charge on any atom is 0.126 e. The van der Waals surface area contributed by atoms with Crippen LogP contribution in [0.1, 0.15) is 44.5 Å².